The molecule has 1 rings (SSSR count). The molecule has 0 saturated heterocycles. The minimum Gasteiger partial charge on any atom is -0.493 e. The Morgan fingerprint density at radius 1 is 0.783 bits per heavy atom. The second kappa shape index (κ2) is 13.3. The van der Waals surface area contributed by atoms with Crippen molar-refractivity contribution in [3.8, 4) is 5.75 Å². The normalized spacial score (nSPS) is 10.9. The van der Waals surface area contributed by atoms with E-state index in [9.17, 15) is 0 Å². The first kappa shape index (κ1) is 19.9. The molecule has 0 aromatic heterocycles. The Morgan fingerprint density at radius 2 is 1.39 bits per heavy atom. The Kier molecular flexibility index (Phi) is 11.5. The molecule has 0 saturated carbocycles. The maximum absolute atomic E-state index is 5.96. The lowest BCUT2D eigenvalue weighted by Crippen LogP contribution is -2.01. The smallest absolute Gasteiger partial charge is 0.124 e. The predicted octanol–water partition coefficient (Wildman–Crippen LogP) is 6.52. The summed E-state index contributed by atoms with van der Waals surface area (Å²) >= 11 is 0. The van der Waals surface area contributed by atoms with Crippen molar-refractivity contribution in [2.75, 3.05) is 12.3 Å². The Labute approximate surface area is 143 Å². The van der Waals surface area contributed by atoms with Crippen molar-refractivity contribution in [1.82, 2.24) is 0 Å². The molecule has 132 valence electrons. The number of hydrogen-bond acceptors (Lipinski definition) is 2. The second-order valence-electron chi connectivity index (χ2n) is 6.65. The fourth-order valence-electron chi connectivity index (χ4n) is 2.95. The molecule has 0 heterocycles. The highest BCUT2D eigenvalue weighted by Crippen LogP contribution is 2.23. The van der Waals surface area contributed by atoms with Gasteiger partial charge in [-0.3, -0.25) is 0 Å². The largest absolute Gasteiger partial charge is 0.493 e. The van der Waals surface area contributed by atoms with E-state index in [1.807, 2.05) is 12.1 Å². The van der Waals surface area contributed by atoms with Crippen LogP contribution in [0.3, 0.4) is 0 Å². The van der Waals surface area contributed by atoms with E-state index in [1.54, 1.807) is 0 Å². The molecule has 0 spiro atoms. The molecule has 0 unspecified atom stereocenters. The zero-order valence-corrected chi connectivity index (χ0v) is 15.4. The number of hydrogen-bond donors (Lipinski definition) is 1. The fraction of sp³-hybridized carbons (Fsp3) is 0.714. The maximum atomic E-state index is 5.96. The molecule has 23 heavy (non-hydrogen) atoms. The summed E-state index contributed by atoms with van der Waals surface area (Å²) in [7, 11) is 0. The average molecular weight is 320 g/mol. The van der Waals surface area contributed by atoms with E-state index in [-0.39, 0.29) is 0 Å². The lowest BCUT2D eigenvalue weighted by molar-refractivity contribution is 0.301. The molecule has 0 aliphatic heterocycles. The summed E-state index contributed by atoms with van der Waals surface area (Å²) in [4.78, 5) is 0. The molecule has 2 nitrogen and oxygen atoms in total. The van der Waals surface area contributed by atoms with E-state index in [1.165, 1.54) is 63.4 Å². The molecule has 0 aliphatic rings. The molecule has 2 N–H and O–H groups in total. The monoisotopic (exact) mass is 319 g/mol. The van der Waals surface area contributed by atoms with Crippen molar-refractivity contribution in [3.63, 3.8) is 0 Å². The van der Waals surface area contributed by atoms with Gasteiger partial charge in [0, 0.05) is 11.8 Å². The van der Waals surface area contributed by atoms with Gasteiger partial charge in [-0.2, -0.15) is 0 Å². The third-order valence-corrected chi connectivity index (χ3v) is 4.37. The van der Waals surface area contributed by atoms with Crippen molar-refractivity contribution in [1.29, 1.82) is 0 Å². The van der Waals surface area contributed by atoms with Gasteiger partial charge in [0.1, 0.15) is 5.75 Å². The van der Waals surface area contributed by atoms with Crippen molar-refractivity contribution < 1.29 is 4.74 Å². The van der Waals surface area contributed by atoms with E-state index in [2.05, 4.69) is 19.9 Å². The van der Waals surface area contributed by atoms with Crippen LogP contribution in [0.2, 0.25) is 0 Å². The van der Waals surface area contributed by atoms with Gasteiger partial charge in [0.25, 0.3) is 0 Å². The zero-order chi connectivity index (χ0) is 16.8. The topological polar surface area (TPSA) is 35.2 Å². The highest BCUT2D eigenvalue weighted by atomic mass is 16.5. The second-order valence-corrected chi connectivity index (χ2v) is 6.65. The maximum Gasteiger partial charge on any atom is 0.124 e. The predicted molar refractivity (Wildman–Crippen MR) is 102 cm³/mol. The molecular weight excluding hydrogens is 282 g/mol. The van der Waals surface area contributed by atoms with Crippen LogP contribution in [0.25, 0.3) is 0 Å². The first-order valence-electron chi connectivity index (χ1n) is 9.79. The van der Waals surface area contributed by atoms with Crippen LogP contribution < -0.4 is 10.5 Å². The number of anilines is 1. The van der Waals surface area contributed by atoms with E-state index >= 15 is 0 Å². The molecule has 1 aromatic rings. The highest BCUT2D eigenvalue weighted by molar-refractivity contribution is 5.48. The lowest BCUT2D eigenvalue weighted by atomic mass is 10.1. The summed E-state index contributed by atoms with van der Waals surface area (Å²) in [5.41, 5.74) is 7.95. The zero-order valence-electron chi connectivity index (χ0n) is 15.4. The van der Waals surface area contributed by atoms with Crippen LogP contribution in [-0.4, -0.2) is 6.61 Å². The Morgan fingerprint density at radius 3 is 2.00 bits per heavy atom. The number of ether oxygens (including phenoxy) is 1. The van der Waals surface area contributed by atoms with Crippen molar-refractivity contribution in [2.24, 2.45) is 0 Å². The van der Waals surface area contributed by atoms with Gasteiger partial charge in [-0.15, -0.1) is 0 Å². The summed E-state index contributed by atoms with van der Waals surface area (Å²) < 4.78 is 5.96. The number of nitrogen functional groups attached to an aromatic ring is 1. The number of benzene rings is 1. The molecule has 0 radical (unpaired) electrons. The van der Waals surface area contributed by atoms with Gasteiger partial charge in [0.05, 0.1) is 6.61 Å². The Balaban J connectivity index is 2.05. The van der Waals surface area contributed by atoms with Crippen LogP contribution >= 0.6 is 0 Å². The van der Waals surface area contributed by atoms with Crippen LogP contribution in [0.15, 0.2) is 18.2 Å². The average Bonchev–Trinajstić information content (AvgIpc) is 2.55. The number of rotatable bonds is 14. The molecule has 2 heteroatoms. The van der Waals surface area contributed by atoms with Gasteiger partial charge in [-0.1, -0.05) is 84.1 Å². The Bertz CT molecular complexity index is 403. The molecule has 0 atom stereocenters. The first-order valence-corrected chi connectivity index (χ1v) is 9.79. The number of unbranched alkanes of at least 4 members (excludes halogenated alkanes) is 9. The quantitative estimate of drug-likeness (QED) is 0.313. The van der Waals surface area contributed by atoms with Gasteiger partial charge in [-0.05, 0) is 24.5 Å². The van der Waals surface area contributed by atoms with Gasteiger partial charge < -0.3 is 10.5 Å². The molecule has 0 aliphatic carbocycles. The molecule has 0 fully saturated rings. The van der Waals surface area contributed by atoms with Crippen molar-refractivity contribution >= 4 is 5.69 Å². The van der Waals surface area contributed by atoms with Crippen LogP contribution in [0.4, 0.5) is 5.69 Å². The molecule has 0 bridgehead atoms. The standard InChI is InChI=1S/C21H37NO/c1-3-5-6-7-8-9-10-11-12-13-17-23-21-18-20(22)16-15-19(21)14-4-2/h15-16,18H,3-14,17,22H2,1-2H3. The van der Waals surface area contributed by atoms with E-state index in [0.717, 1.165) is 37.3 Å². The van der Waals surface area contributed by atoms with Crippen molar-refractivity contribution in [2.45, 2.75) is 90.9 Å². The SMILES string of the molecule is CCCCCCCCCCCCOc1cc(N)ccc1CCC. The first-order chi connectivity index (χ1) is 11.3. The van der Waals surface area contributed by atoms with E-state index < -0.39 is 0 Å². The van der Waals surface area contributed by atoms with Gasteiger partial charge in [0.15, 0.2) is 0 Å². The van der Waals surface area contributed by atoms with Crippen LogP contribution in [0.5, 0.6) is 5.75 Å². The minimum absolute atomic E-state index is 0.794. The highest BCUT2D eigenvalue weighted by Gasteiger charge is 2.03. The van der Waals surface area contributed by atoms with Gasteiger partial charge in [-0.25, -0.2) is 0 Å². The molecule has 0 amide bonds. The van der Waals surface area contributed by atoms with Crippen LogP contribution in [0.1, 0.15) is 90.0 Å². The van der Waals surface area contributed by atoms with Gasteiger partial charge >= 0.3 is 0 Å². The molecular formula is C21H37NO. The molecule has 1 aromatic carbocycles. The summed E-state index contributed by atoms with van der Waals surface area (Å²) in [6.07, 6.45) is 15.8. The van der Waals surface area contributed by atoms with Crippen molar-refractivity contribution in [3.05, 3.63) is 23.8 Å². The Hall–Kier alpha value is -1.18. The summed E-state index contributed by atoms with van der Waals surface area (Å²) in [5.74, 6) is 0.989. The van der Waals surface area contributed by atoms with Gasteiger partial charge in [0.2, 0.25) is 0 Å². The number of aryl methyl sites for hydroxylation is 1. The van der Waals surface area contributed by atoms with Crippen LogP contribution in [-0.2, 0) is 6.42 Å². The lowest BCUT2D eigenvalue weighted by Gasteiger charge is -2.12. The summed E-state index contributed by atoms with van der Waals surface area (Å²) in [6.45, 7) is 5.29. The van der Waals surface area contributed by atoms with Crippen LogP contribution in [0, 0.1) is 0 Å². The fourth-order valence-corrected chi connectivity index (χ4v) is 2.95. The third-order valence-electron chi connectivity index (χ3n) is 4.37. The minimum atomic E-state index is 0.794. The summed E-state index contributed by atoms with van der Waals surface area (Å²) in [6, 6.07) is 6.05. The van der Waals surface area contributed by atoms with E-state index in [4.69, 9.17) is 10.5 Å². The van der Waals surface area contributed by atoms with E-state index in [0.29, 0.717) is 0 Å². The summed E-state index contributed by atoms with van der Waals surface area (Å²) in [5, 5.41) is 0. The third kappa shape index (κ3) is 9.53. The number of nitrogens with two attached hydrogens (primary N) is 1.